The molecule has 16 nitrogen and oxygen atoms in total. The molecule has 1 heterocycles. The molecule has 0 aromatic rings. The Hall–Kier alpha value is 1.53. The van der Waals surface area contributed by atoms with Gasteiger partial charge in [-0.3, -0.25) is 18.7 Å². The van der Waals surface area contributed by atoms with Gasteiger partial charge < -0.3 is 29.5 Å². The van der Waals surface area contributed by atoms with Crippen molar-refractivity contribution in [1.29, 1.82) is 0 Å². The Morgan fingerprint density at radius 3 is 2.18 bits per heavy atom. The van der Waals surface area contributed by atoms with Gasteiger partial charge in [0.1, 0.15) is 12.2 Å². The summed E-state index contributed by atoms with van der Waals surface area (Å²) in [7, 11) is -10.8. The van der Waals surface area contributed by atoms with Crippen LogP contribution in [0.2, 0.25) is 0 Å². The summed E-state index contributed by atoms with van der Waals surface area (Å²) in [5, 5.41) is 32.0. The molecule has 0 amide bonds. The smallest absolute Gasteiger partial charge is 0.481 e. The van der Waals surface area contributed by atoms with Crippen molar-refractivity contribution >= 4 is 32.7 Å². The van der Waals surface area contributed by atoms with E-state index in [0.717, 1.165) is 24.8 Å². The van der Waals surface area contributed by atoms with Crippen molar-refractivity contribution in [3.8, 4) is 0 Å². The van der Waals surface area contributed by atoms with Gasteiger partial charge in [-0.1, -0.05) is 27.4 Å². The van der Waals surface area contributed by atoms with E-state index in [2.05, 4.69) is 10.8 Å². The maximum absolute atomic E-state index is 12.9. The van der Waals surface area contributed by atoms with E-state index in [9.17, 15) is 50.8 Å². The predicted molar refractivity (Wildman–Crippen MR) is 162 cm³/mol. The summed E-state index contributed by atoms with van der Waals surface area (Å²) < 4.78 is 93.5. The fraction of sp³-hybridized carbons (Fsp3) is 0.867. The van der Waals surface area contributed by atoms with Gasteiger partial charge in [0.25, 0.3) is 0 Å². The molecule has 50 heavy (non-hydrogen) atoms. The summed E-state index contributed by atoms with van der Waals surface area (Å²) in [5.41, 5.74) is -0.319. The third-order valence-electron chi connectivity index (χ3n) is 11.5. The minimum Gasteiger partial charge on any atom is -0.481 e. The summed E-state index contributed by atoms with van der Waals surface area (Å²) in [6, 6.07) is 0. The number of carbonyl (C=O) groups is 2. The zero-order chi connectivity index (χ0) is 35.6. The molecule has 274 valence electrons. The van der Waals surface area contributed by atoms with E-state index in [-0.39, 0.29) is 146 Å². The fourth-order valence-electron chi connectivity index (χ4n) is 9.82. The third kappa shape index (κ3) is 9.55. The molecule has 4 aliphatic carbocycles. The molecule has 5 aliphatic rings. The van der Waals surface area contributed by atoms with E-state index in [4.69, 9.17) is 18.4 Å². The van der Waals surface area contributed by atoms with Crippen LogP contribution in [0.3, 0.4) is 0 Å². The zero-order valence-electron chi connectivity index (χ0n) is 29.0. The Bertz CT molecular complexity index is 1490. The maximum atomic E-state index is 12.9. The molecular weight excluding hydrogens is 759 g/mol. The molecule has 1 spiro atoms. The number of ether oxygens (including phenoxy) is 3. The molecule has 1 saturated heterocycles. The van der Waals surface area contributed by atoms with E-state index in [1.165, 1.54) is 0 Å². The van der Waals surface area contributed by atoms with E-state index < -0.39 is 99.0 Å². The maximum Gasteiger partial charge on any atom is 1.00 e. The van der Waals surface area contributed by atoms with Crippen LogP contribution in [0.15, 0.2) is 12.2 Å². The average Bonchev–Trinajstić information content (AvgIpc) is 3.12. The van der Waals surface area contributed by atoms with Crippen molar-refractivity contribution in [2.75, 3.05) is 6.61 Å². The van der Waals surface area contributed by atoms with Gasteiger partial charge >= 0.3 is 136 Å². The summed E-state index contributed by atoms with van der Waals surface area (Å²) in [5.74, 6) is -3.25. The van der Waals surface area contributed by atoms with E-state index in [1.807, 2.05) is 6.92 Å². The van der Waals surface area contributed by atoms with Crippen LogP contribution in [-0.2, 0) is 53.0 Å². The number of hydrogen-bond donors (Lipinski definition) is 5. The van der Waals surface area contributed by atoms with E-state index in [0.29, 0.717) is 12.8 Å². The van der Waals surface area contributed by atoms with Gasteiger partial charge in [-0.2, -0.15) is 16.8 Å². The molecule has 5 rings (SSSR count). The van der Waals surface area contributed by atoms with Crippen LogP contribution in [0.25, 0.3) is 0 Å². The summed E-state index contributed by atoms with van der Waals surface area (Å²) >= 11 is 0. The summed E-state index contributed by atoms with van der Waals surface area (Å²) in [6.07, 6.45) is -7.93. The monoisotopic (exact) mass is 804 g/mol. The largest absolute Gasteiger partial charge is 1.00 e. The van der Waals surface area contributed by atoms with Crippen molar-refractivity contribution in [3.63, 3.8) is 0 Å². The molecule has 5 fully saturated rings. The van der Waals surface area contributed by atoms with Gasteiger partial charge in [0.2, 0.25) is 0 Å². The zero-order valence-corrected chi connectivity index (χ0v) is 36.9. The predicted octanol–water partition coefficient (Wildman–Crippen LogP) is -4.33. The van der Waals surface area contributed by atoms with Gasteiger partial charge in [-0.05, 0) is 79.6 Å². The van der Waals surface area contributed by atoms with Gasteiger partial charge in [-0.15, -0.1) is 0 Å². The summed E-state index contributed by atoms with van der Waals surface area (Å²) in [6.45, 7) is 8.52. The number of esters is 1. The first-order chi connectivity index (χ1) is 22.2. The van der Waals surface area contributed by atoms with Crippen LogP contribution in [-0.4, -0.2) is 103 Å². The van der Waals surface area contributed by atoms with Gasteiger partial charge in [0.05, 0.1) is 24.7 Å². The summed E-state index contributed by atoms with van der Waals surface area (Å²) in [4.78, 5) is 25.7. The number of carboxylic acids is 1. The minimum absolute atomic E-state index is 0. The Labute approximate surface area is 377 Å². The van der Waals surface area contributed by atoms with Crippen LogP contribution in [0, 0.1) is 40.4 Å². The van der Waals surface area contributed by atoms with Crippen LogP contribution in [0.1, 0.15) is 72.1 Å². The third-order valence-corrected chi connectivity index (χ3v) is 12.4. The molecule has 1 aliphatic heterocycles. The number of aliphatic carboxylic acids is 1. The molecule has 20 heteroatoms. The SMILES string of the molecule is C=C1[C@H]2CC[C@H]3[C@]4(C)C[C@H](O[C@H]5O[C@H](CO)[C@@H](OS(=O)(=O)O)[C@H](OS(=O)(=O)O)[C@H]5OC(=O)CC(C)C)C[C@@H](C(=O)O)[C@H]4CC[C@]3(C2)[C@H]1O.[K+].[K+]. The standard InChI is InChI=1S/C30H46O16S2.2K/c1-14(2)9-22(32)44-25-24(46-48(39,40)41)23(45-47(36,37)38)20(13-31)43-28(25)42-17-10-18(27(34)35)19-7-8-30-11-16(15(3)26(30)33)5-6-21(30)29(19,4)12-17;;/h14,16-21,23-26,28,31,33H,3,5-13H2,1-2,4H3,(H,34,35)(H,36,37,38)(H,39,40,41);;/q;2*+1/t16-,17+,18+,19+,20+,21-,23+,24-,25+,26-,28-,29+,30+;;/m0../s1. The molecule has 2 bridgehead atoms. The first-order valence-electron chi connectivity index (χ1n) is 16.2. The van der Waals surface area contributed by atoms with E-state index >= 15 is 0 Å². The van der Waals surface area contributed by atoms with Crippen molar-refractivity contribution in [2.24, 2.45) is 40.4 Å². The number of carboxylic acid groups (broad SMARTS) is 1. The Morgan fingerprint density at radius 1 is 1.00 bits per heavy atom. The van der Waals surface area contributed by atoms with Crippen LogP contribution in [0.5, 0.6) is 0 Å². The number of aliphatic hydroxyl groups is 2. The Balaban J connectivity index is 0.00000338. The second-order valence-corrected chi connectivity index (χ2v) is 16.9. The normalized spacial score (nSPS) is 41.3. The number of carbonyl (C=O) groups excluding carboxylic acids is 1. The molecule has 0 unspecified atom stereocenters. The first-order valence-corrected chi connectivity index (χ1v) is 18.9. The van der Waals surface area contributed by atoms with Gasteiger partial charge in [0.15, 0.2) is 18.5 Å². The Kier molecular flexibility index (Phi) is 15.9. The molecule has 0 radical (unpaired) electrons. The van der Waals surface area contributed by atoms with Crippen molar-refractivity contribution in [3.05, 3.63) is 12.2 Å². The molecule has 0 aromatic carbocycles. The molecule has 5 N–H and O–H groups in total. The first kappa shape index (κ1) is 45.9. The topological polar surface area (TPSA) is 250 Å². The van der Waals surface area contributed by atoms with Gasteiger partial charge in [-0.25, -0.2) is 8.37 Å². The van der Waals surface area contributed by atoms with Crippen molar-refractivity contribution in [2.45, 2.75) is 115 Å². The number of aliphatic hydroxyl groups excluding tert-OH is 2. The average molecular weight is 805 g/mol. The van der Waals surface area contributed by atoms with Crippen LogP contribution in [0.4, 0.5) is 0 Å². The minimum atomic E-state index is -5.42. The number of rotatable bonds is 11. The quantitative estimate of drug-likeness (QED) is 0.0436. The Morgan fingerprint density at radius 2 is 1.62 bits per heavy atom. The van der Waals surface area contributed by atoms with Crippen LogP contribution >= 0.6 is 0 Å². The van der Waals surface area contributed by atoms with Gasteiger partial charge in [0, 0.05) is 11.8 Å². The second-order valence-electron chi connectivity index (χ2n) is 14.8. The molecule has 13 atom stereocenters. The van der Waals surface area contributed by atoms with E-state index in [1.54, 1.807) is 13.8 Å². The second kappa shape index (κ2) is 17.4. The molecule has 4 saturated carbocycles. The molecule has 0 aromatic heterocycles. The fourth-order valence-corrected chi connectivity index (χ4v) is 10.8. The molecular formula is C30H46K2O16S2+2. The van der Waals surface area contributed by atoms with Crippen LogP contribution < -0.4 is 103 Å². The number of hydrogen-bond acceptors (Lipinski definition) is 13. The number of fused-ring (bicyclic) bond motifs is 3. The van der Waals surface area contributed by atoms with Crippen molar-refractivity contribution in [1.82, 2.24) is 0 Å². The van der Waals surface area contributed by atoms with Crippen molar-refractivity contribution < 1.29 is 176 Å².